The van der Waals surface area contributed by atoms with Gasteiger partial charge in [-0.05, 0) is 23.5 Å². The minimum absolute atomic E-state index is 0.0471. The highest BCUT2D eigenvalue weighted by molar-refractivity contribution is 5.87. The average molecular weight is 276 g/mol. The van der Waals surface area contributed by atoms with Crippen molar-refractivity contribution < 1.29 is 9.90 Å². The van der Waals surface area contributed by atoms with Crippen LogP contribution in [0.5, 0.6) is 0 Å². The third-order valence-corrected chi connectivity index (χ3v) is 3.45. The second-order valence-corrected chi connectivity index (χ2v) is 6.72. The van der Waals surface area contributed by atoms with Crippen molar-refractivity contribution in [2.75, 3.05) is 11.9 Å². The summed E-state index contributed by atoms with van der Waals surface area (Å²) in [6, 6.07) is 7.73. The highest BCUT2D eigenvalue weighted by Gasteiger charge is 2.26. The first-order chi connectivity index (χ1) is 9.35. The summed E-state index contributed by atoms with van der Waals surface area (Å²) in [5.41, 5.74) is 2.26. The van der Waals surface area contributed by atoms with Gasteiger partial charge >= 0.3 is 0 Å². The Hall–Kier alpha value is -1.55. The van der Waals surface area contributed by atoms with E-state index in [1.54, 1.807) is 0 Å². The Morgan fingerprint density at radius 1 is 1.45 bits per heavy atom. The molecule has 110 valence electrons. The van der Waals surface area contributed by atoms with Crippen molar-refractivity contribution in [2.24, 2.45) is 5.41 Å². The van der Waals surface area contributed by atoms with Crippen molar-refractivity contribution in [2.45, 2.75) is 45.8 Å². The minimum Gasteiger partial charge on any atom is -0.391 e. The van der Waals surface area contributed by atoms with E-state index in [0.717, 1.165) is 5.69 Å². The Kier molecular flexibility index (Phi) is 4.33. The number of para-hydroxylation sites is 1. The standard InChI is InChI=1S/C16H24N2O2/c1-16(2,3)9-12(19)10-17-15(20)14-8-11-6-4-5-7-13(11)18-14/h4-7,12,14,18-19H,8-10H2,1-3H3,(H,17,20). The van der Waals surface area contributed by atoms with E-state index < -0.39 is 6.10 Å². The number of rotatable bonds is 4. The summed E-state index contributed by atoms with van der Waals surface area (Å²) in [7, 11) is 0. The number of nitrogens with one attached hydrogen (secondary N) is 2. The number of amides is 1. The van der Waals surface area contributed by atoms with Gasteiger partial charge in [-0.2, -0.15) is 0 Å². The summed E-state index contributed by atoms with van der Waals surface area (Å²) in [6.07, 6.45) is 0.880. The van der Waals surface area contributed by atoms with Crippen LogP contribution in [0.15, 0.2) is 24.3 Å². The van der Waals surface area contributed by atoms with E-state index in [0.29, 0.717) is 19.4 Å². The molecule has 0 aliphatic carbocycles. The van der Waals surface area contributed by atoms with E-state index in [4.69, 9.17) is 0 Å². The largest absolute Gasteiger partial charge is 0.391 e. The molecule has 1 aromatic carbocycles. The van der Waals surface area contributed by atoms with Crippen LogP contribution >= 0.6 is 0 Å². The van der Waals surface area contributed by atoms with Crippen LogP contribution in [0.1, 0.15) is 32.8 Å². The summed E-state index contributed by atoms with van der Waals surface area (Å²) in [5, 5.41) is 16.0. The van der Waals surface area contributed by atoms with Crippen molar-refractivity contribution in [1.82, 2.24) is 5.32 Å². The number of aliphatic hydroxyl groups excluding tert-OH is 1. The van der Waals surface area contributed by atoms with Gasteiger partial charge in [0.1, 0.15) is 6.04 Å². The molecule has 0 aromatic heterocycles. The minimum atomic E-state index is -0.497. The van der Waals surface area contributed by atoms with Crippen LogP contribution in [0.3, 0.4) is 0 Å². The third-order valence-electron chi connectivity index (χ3n) is 3.45. The molecular formula is C16H24N2O2. The molecule has 0 bridgehead atoms. The van der Waals surface area contributed by atoms with Gasteiger partial charge in [-0.15, -0.1) is 0 Å². The number of hydrogen-bond acceptors (Lipinski definition) is 3. The maximum absolute atomic E-state index is 12.1. The van der Waals surface area contributed by atoms with Gasteiger partial charge in [-0.25, -0.2) is 0 Å². The monoisotopic (exact) mass is 276 g/mol. The summed E-state index contributed by atoms with van der Waals surface area (Å²) < 4.78 is 0. The molecule has 1 heterocycles. The first kappa shape index (κ1) is 14.9. The van der Waals surface area contributed by atoms with Gasteiger partial charge in [0.25, 0.3) is 0 Å². The molecule has 1 aromatic rings. The molecule has 1 aliphatic rings. The van der Waals surface area contributed by atoms with Crippen molar-refractivity contribution in [3.05, 3.63) is 29.8 Å². The van der Waals surface area contributed by atoms with Crippen LogP contribution in [0.2, 0.25) is 0 Å². The van der Waals surface area contributed by atoms with Crippen LogP contribution < -0.4 is 10.6 Å². The normalized spacial score (nSPS) is 19.1. The average Bonchev–Trinajstić information content (AvgIpc) is 2.77. The molecule has 0 fully saturated rings. The molecule has 0 radical (unpaired) electrons. The lowest BCUT2D eigenvalue weighted by molar-refractivity contribution is -0.122. The summed E-state index contributed by atoms with van der Waals surface area (Å²) in [6.45, 7) is 6.54. The molecule has 20 heavy (non-hydrogen) atoms. The molecule has 4 nitrogen and oxygen atoms in total. The zero-order valence-electron chi connectivity index (χ0n) is 12.4. The first-order valence-electron chi connectivity index (χ1n) is 7.15. The Morgan fingerprint density at radius 3 is 2.80 bits per heavy atom. The lowest BCUT2D eigenvalue weighted by Crippen LogP contribution is -2.42. The number of fused-ring (bicyclic) bond motifs is 1. The topological polar surface area (TPSA) is 61.4 Å². The molecule has 0 saturated carbocycles. The molecule has 1 aliphatic heterocycles. The molecule has 1 amide bonds. The maximum atomic E-state index is 12.1. The van der Waals surface area contributed by atoms with E-state index in [1.807, 2.05) is 24.3 Å². The van der Waals surface area contributed by atoms with E-state index in [1.165, 1.54) is 5.56 Å². The SMILES string of the molecule is CC(C)(C)CC(O)CNC(=O)C1Cc2ccccc2N1. The molecule has 2 rings (SSSR count). The lowest BCUT2D eigenvalue weighted by atomic mass is 9.89. The summed E-state index contributed by atoms with van der Waals surface area (Å²) in [5.74, 6) is -0.0471. The van der Waals surface area contributed by atoms with Gasteiger partial charge in [0.15, 0.2) is 0 Å². The van der Waals surface area contributed by atoms with Gasteiger partial charge in [0, 0.05) is 18.7 Å². The Labute approximate surface area is 120 Å². The fourth-order valence-corrected chi connectivity index (χ4v) is 2.58. The summed E-state index contributed by atoms with van der Waals surface area (Å²) >= 11 is 0. The third kappa shape index (κ3) is 3.97. The Morgan fingerprint density at radius 2 is 2.15 bits per heavy atom. The predicted octanol–water partition coefficient (Wildman–Crippen LogP) is 1.94. The van der Waals surface area contributed by atoms with Gasteiger partial charge in [0.05, 0.1) is 6.10 Å². The summed E-state index contributed by atoms with van der Waals surface area (Å²) in [4.78, 5) is 12.1. The molecule has 3 N–H and O–H groups in total. The van der Waals surface area contributed by atoms with E-state index in [2.05, 4.69) is 31.4 Å². The second-order valence-electron chi connectivity index (χ2n) is 6.72. The maximum Gasteiger partial charge on any atom is 0.242 e. The van der Waals surface area contributed by atoms with Crippen molar-refractivity contribution in [3.8, 4) is 0 Å². The first-order valence-corrected chi connectivity index (χ1v) is 7.15. The molecular weight excluding hydrogens is 252 g/mol. The zero-order chi connectivity index (χ0) is 14.8. The molecule has 0 saturated heterocycles. The van der Waals surface area contributed by atoms with Crippen LogP contribution in [0.4, 0.5) is 5.69 Å². The van der Waals surface area contributed by atoms with Gasteiger partial charge in [-0.3, -0.25) is 4.79 Å². The number of anilines is 1. The number of carbonyl (C=O) groups excluding carboxylic acids is 1. The number of benzene rings is 1. The molecule has 2 atom stereocenters. The van der Waals surface area contributed by atoms with E-state index >= 15 is 0 Å². The second kappa shape index (κ2) is 5.83. The van der Waals surface area contributed by atoms with Crippen LogP contribution in [0, 0.1) is 5.41 Å². The van der Waals surface area contributed by atoms with Crippen molar-refractivity contribution >= 4 is 11.6 Å². The fraction of sp³-hybridized carbons (Fsp3) is 0.562. The highest BCUT2D eigenvalue weighted by atomic mass is 16.3. The smallest absolute Gasteiger partial charge is 0.242 e. The number of hydrogen-bond donors (Lipinski definition) is 3. The van der Waals surface area contributed by atoms with E-state index in [-0.39, 0.29) is 17.4 Å². The van der Waals surface area contributed by atoms with E-state index in [9.17, 15) is 9.90 Å². The van der Waals surface area contributed by atoms with Crippen LogP contribution in [-0.4, -0.2) is 29.7 Å². The number of aliphatic hydroxyl groups is 1. The lowest BCUT2D eigenvalue weighted by Gasteiger charge is -2.23. The molecule has 2 unspecified atom stereocenters. The molecule has 0 spiro atoms. The zero-order valence-corrected chi connectivity index (χ0v) is 12.4. The predicted molar refractivity (Wildman–Crippen MR) is 80.6 cm³/mol. The van der Waals surface area contributed by atoms with Gasteiger partial charge in [-0.1, -0.05) is 39.0 Å². The Balaban J connectivity index is 1.80. The Bertz CT molecular complexity index is 455. The quantitative estimate of drug-likeness (QED) is 0.787. The van der Waals surface area contributed by atoms with Crippen molar-refractivity contribution in [1.29, 1.82) is 0 Å². The molecule has 4 heteroatoms. The number of carbonyl (C=O) groups is 1. The van der Waals surface area contributed by atoms with Crippen molar-refractivity contribution in [3.63, 3.8) is 0 Å². The fourth-order valence-electron chi connectivity index (χ4n) is 2.58. The van der Waals surface area contributed by atoms with Crippen LogP contribution in [0.25, 0.3) is 0 Å². The van der Waals surface area contributed by atoms with Gasteiger partial charge < -0.3 is 15.7 Å². The van der Waals surface area contributed by atoms with Crippen LogP contribution in [-0.2, 0) is 11.2 Å². The van der Waals surface area contributed by atoms with Gasteiger partial charge in [0.2, 0.25) is 5.91 Å². The highest BCUT2D eigenvalue weighted by Crippen LogP contribution is 2.25.